The van der Waals surface area contributed by atoms with Gasteiger partial charge in [-0.15, -0.1) is 0 Å². The fraction of sp³-hybridized carbons (Fsp3) is 0.500. The van der Waals surface area contributed by atoms with Gasteiger partial charge in [-0.2, -0.15) is 20.1 Å². The average molecular weight is 261 g/mol. The topological polar surface area (TPSA) is 80.5 Å². The Morgan fingerprint density at radius 2 is 2.05 bits per heavy atom. The molecule has 7 nitrogen and oxygen atoms in total. The highest BCUT2D eigenvalue weighted by Crippen LogP contribution is 2.10. The molecule has 19 heavy (non-hydrogen) atoms. The Balaban J connectivity index is 2.26. The minimum absolute atomic E-state index is 0.322. The summed E-state index contributed by atoms with van der Waals surface area (Å²) in [5.74, 6) is 1.58. The van der Waals surface area contributed by atoms with Crippen LogP contribution in [0.25, 0.3) is 5.95 Å². The number of nitrogens with one attached hydrogen (secondary N) is 2. The number of anilines is 2. The van der Waals surface area contributed by atoms with Crippen LogP contribution in [-0.2, 0) is 0 Å². The Labute approximate surface area is 112 Å². The van der Waals surface area contributed by atoms with Gasteiger partial charge in [0.25, 0.3) is 5.95 Å². The summed E-state index contributed by atoms with van der Waals surface area (Å²) >= 11 is 0. The average Bonchev–Trinajstić information content (AvgIpc) is 2.92. The maximum Gasteiger partial charge on any atom is 0.257 e. The van der Waals surface area contributed by atoms with Crippen molar-refractivity contribution in [2.24, 2.45) is 0 Å². The molecule has 0 saturated carbocycles. The van der Waals surface area contributed by atoms with Crippen molar-refractivity contribution >= 4 is 11.9 Å². The molecule has 0 spiro atoms. The van der Waals surface area contributed by atoms with Crippen molar-refractivity contribution in [1.29, 1.82) is 0 Å². The summed E-state index contributed by atoms with van der Waals surface area (Å²) in [5, 5.41) is 10.3. The molecule has 2 aromatic rings. The predicted molar refractivity (Wildman–Crippen MR) is 74.5 cm³/mol. The van der Waals surface area contributed by atoms with Crippen molar-refractivity contribution in [3.63, 3.8) is 0 Å². The van der Waals surface area contributed by atoms with Gasteiger partial charge in [0.2, 0.25) is 11.9 Å². The first kappa shape index (κ1) is 13.3. The van der Waals surface area contributed by atoms with Gasteiger partial charge in [-0.3, -0.25) is 0 Å². The van der Waals surface area contributed by atoms with Crippen LogP contribution in [0.1, 0.15) is 26.7 Å². The lowest BCUT2D eigenvalue weighted by atomic mass is 10.2. The van der Waals surface area contributed by atoms with Crippen molar-refractivity contribution in [2.75, 3.05) is 17.7 Å². The van der Waals surface area contributed by atoms with Crippen LogP contribution in [0.4, 0.5) is 11.9 Å². The second-order valence-corrected chi connectivity index (χ2v) is 4.32. The zero-order valence-electron chi connectivity index (χ0n) is 11.5. The van der Waals surface area contributed by atoms with Crippen LogP contribution in [0.5, 0.6) is 0 Å². The lowest BCUT2D eigenvalue weighted by Crippen LogP contribution is -2.18. The molecule has 1 atom stereocenters. The van der Waals surface area contributed by atoms with Crippen LogP contribution < -0.4 is 10.6 Å². The standard InChI is InChI=1S/C12H19N7/c1-4-6-9(2)15-11-16-10(13-3)17-12(18-11)19-8-5-7-14-19/h5,7-9H,4,6H2,1-3H3,(H2,13,15,16,17,18). The third-order valence-corrected chi connectivity index (χ3v) is 2.65. The fourth-order valence-electron chi connectivity index (χ4n) is 1.76. The van der Waals surface area contributed by atoms with Gasteiger partial charge in [-0.05, 0) is 19.4 Å². The van der Waals surface area contributed by atoms with Crippen molar-refractivity contribution in [2.45, 2.75) is 32.7 Å². The first-order valence-corrected chi connectivity index (χ1v) is 6.43. The second kappa shape index (κ2) is 6.12. The molecule has 0 radical (unpaired) electrons. The number of hydrogen-bond donors (Lipinski definition) is 2. The van der Waals surface area contributed by atoms with Crippen molar-refractivity contribution in [3.8, 4) is 5.95 Å². The molecule has 2 N–H and O–H groups in total. The molecule has 0 bridgehead atoms. The molecular weight excluding hydrogens is 242 g/mol. The normalized spacial score (nSPS) is 12.2. The van der Waals surface area contributed by atoms with E-state index in [4.69, 9.17) is 0 Å². The van der Waals surface area contributed by atoms with Crippen molar-refractivity contribution in [3.05, 3.63) is 18.5 Å². The van der Waals surface area contributed by atoms with Gasteiger partial charge >= 0.3 is 0 Å². The highest BCUT2D eigenvalue weighted by atomic mass is 15.4. The molecule has 1 unspecified atom stereocenters. The number of nitrogens with zero attached hydrogens (tertiary/aromatic N) is 5. The van der Waals surface area contributed by atoms with Gasteiger partial charge in [0.15, 0.2) is 0 Å². The molecule has 0 fully saturated rings. The molecule has 0 saturated heterocycles. The maximum atomic E-state index is 4.37. The SMILES string of the molecule is CCCC(C)Nc1nc(NC)nc(-n2cccn2)n1. The number of rotatable bonds is 6. The molecule has 0 aliphatic rings. The van der Waals surface area contributed by atoms with E-state index in [2.05, 4.69) is 44.5 Å². The molecule has 0 aromatic carbocycles. The van der Waals surface area contributed by atoms with Gasteiger partial charge in [0.05, 0.1) is 0 Å². The Bertz CT molecular complexity index is 509. The Morgan fingerprint density at radius 1 is 1.26 bits per heavy atom. The van der Waals surface area contributed by atoms with Crippen molar-refractivity contribution < 1.29 is 0 Å². The van der Waals surface area contributed by atoms with E-state index in [9.17, 15) is 0 Å². The number of hydrogen-bond acceptors (Lipinski definition) is 6. The third-order valence-electron chi connectivity index (χ3n) is 2.65. The van der Waals surface area contributed by atoms with E-state index in [1.807, 2.05) is 6.07 Å². The van der Waals surface area contributed by atoms with Crippen LogP contribution in [0.2, 0.25) is 0 Å². The Morgan fingerprint density at radius 3 is 2.68 bits per heavy atom. The van der Waals surface area contributed by atoms with Crippen LogP contribution in [-0.4, -0.2) is 37.8 Å². The number of aromatic nitrogens is 5. The zero-order valence-corrected chi connectivity index (χ0v) is 11.5. The smallest absolute Gasteiger partial charge is 0.257 e. The molecule has 2 heterocycles. The van der Waals surface area contributed by atoms with Crippen LogP contribution in [0, 0.1) is 0 Å². The van der Waals surface area contributed by atoms with E-state index in [1.54, 1.807) is 24.1 Å². The third kappa shape index (κ3) is 3.40. The summed E-state index contributed by atoms with van der Waals surface area (Å²) < 4.78 is 1.61. The molecule has 102 valence electrons. The highest BCUT2D eigenvalue weighted by molar-refractivity contribution is 5.37. The first-order valence-electron chi connectivity index (χ1n) is 6.43. The summed E-state index contributed by atoms with van der Waals surface area (Å²) in [7, 11) is 1.78. The lowest BCUT2D eigenvalue weighted by Gasteiger charge is -2.13. The molecule has 0 aliphatic carbocycles. The summed E-state index contributed by atoms with van der Waals surface area (Å²) in [4.78, 5) is 12.9. The molecule has 2 aromatic heterocycles. The molecule has 0 aliphatic heterocycles. The van der Waals surface area contributed by atoms with E-state index >= 15 is 0 Å². The van der Waals surface area contributed by atoms with Crippen LogP contribution in [0.15, 0.2) is 18.5 Å². The fourth-order valence-corrected chi connectivity index (χ4v) is 1.76. The zero-order chi connectivity index (χ0) is 13.7. The minimum Gasteiger partial charge on any atom is -0.357 e. The Kier molecular flexibility index (Phi) is 4.27. The van der Waals surface area contributed by atoms with E-state index in [0.717, 1.165) is 12.8 Å². The highest BCUT2D eigenvalue weighted by Gasteiger charge is 2.09. The summed E-state index contributed by atoms with van der Waals surface area (Å²) in [6.45, 7) is 4.26. The van der Waals surface area contributed by atoms with Crippen LogP contribution >= 0.6 is 0 Å². The van der Waals surface area contributed by atoms with E-state index in [1.165, 1.54) is 0 Å². The molecule has 0 amide bonds. The van der Waals surface area contributed by atoms with Crippen molar-refractivity contribution in [1.82, 2.24) is 24.7 Å². The summed E-state index contributed by atoms with van der Waals surface area (Å²) in [5.41, 5.74) is 0. The molecule has 7 heteroatoms. The van der Waals surface area contributed by atoms with Crippen LogP contribution in [0.3, 0.4) is 0 Å². The summed E-state index contributed by atoms with van der Waals surface area (Å²) in [6, 6.07) is 2.15. The molecule has 2 rings (SSSR count). The van der Waals surface area contributed by atoms with E-state index < -0.39 is 0 Å². The van der Waals surface area contributed by atoms with E-state index in [0.29, 0.717) is 23.9 Å². The predicted octanol–water partition coefficient (Wildman–Crippen LogP) is 1.70. The first-order chi connectivity index (χ1) is 9.22. The van der Waals surface area contributed by atoms with Gasteiger partial charge in [-0.1, -0.05) is 13.3 Å². The largest absolute Gasteiger partial charge is 0.357 e. The second-order valence-electron chi connectivity index (χ2n) is 4.32. The quantitative estimate of drug-likeness (QED) is 0.823. The van der Waals surface area contributed by atoms with Gasteiger partial charge in [0.1, 0.15) is 0 Å². The van der Waals surface area contributed by atoms with Gasteiger partial charge in [-0.25, -0.2) is 4.68 Å². The Hall–Kier alpha value is -2.18. The maximum absolute atomic E-state index is 4.37. The monoisotopic (exact) mass is 261 g/mol. The lowest BCUT2D eigenvalue weighted by molar-refractivity contribution is 0.680. The minimum atomic E-state index is 0.322. The summed E-state index contributed by atoms with van der Waals surface area (Å²) in [6.07, 6.45) is 5.67. The molecular formula is C12H19N7. The van der Waals surface area contributed by atoms with E-state index in [-0.39, 0.29) is 0 Å². The van der Waals surface area contributed by atoms with Gasteiger partial charge in [0, 0.05) is 25.5 Å². The van der Waals surface area contributed by atoms with Gasteiger partial charge < -0.3 is 10.6 Å².